The van der Waals surface area contributed by atoms with Gasteiger partial charge in [0.2, 0.25) is 5.91 Å². The zero-order valence-corrected chi connectivity index (χ0v) is 18.5. The fourth-order valence-corrected chi connectivity index (χ4v) is 4.33. The Labute approximate surface area is 198 Å². The molecule has 1 aliphatic rings. The van der Waals surface area contributed by atoms with Crippen LogP contribution in [-0.2, 0) is 17.5 Å². The van der Waals surface area contributed by atoms with Gasteiger partial charge in [-0.2, -0.15) is 13.2 Å². The van der Waals surface area contributed by atoms with Gasteiger partial charge in [0.15, 0.2) is 11.1 Å². The lowest BCUT2D eigenvalue weighted by Crippen LogP contribution is -2.26. The largest absolute Gasteiger partial charge is 0.417 e. The molecule has 2 aromatic carbocycles. The smallest absolute Gasteiger partial charge is 0.341 e. The number of hydrogen-bond acceptors (Lipinski definition) is 4. The van der Waals surface area contributed by atoms with Gasteiger partial charge in [0.1, 0.15) is 5.82 Å². The number of carbonyl (C=O) groups is 1. The number of likely N-dealkylation sites (tertiary alicyclic amines) is 1. The molecule has 0 atom stereocenters. The number of fused-ring (bicyclic) bond motifs is 1. The zero-order chi connectivity index (χ0) is 24.6. The third-order valence-corrected chi connectivity index (χ3v) is 5.91. The molecule has 4 aromatic rings. The van der Waals surface area contributed by atoms with Gasteiger partial charge in [-0.3, -0.25) is 14.2 Å². The highest BCUT2D eigenvalue weighted by Gasteiger charge is 2.36. The third-order valence-electron chi connectivity index (χ3n) is 5.91. The lowest BCUT2D eigenvalue weighted by molar-refractivity contribution is -0.136. The Balaban J connectivity index is 1.80. The number of anilines is 2. The average Bonchev–Trinajstić information content (AvgIpc) is 3.23. The van der Waals surface area contributed by atoms with E-state index in [2.05, 4.69) is 10.3 Å². The number of pyridine rings is 2. The molecule has 6 nitrogen and oxygen atoms in total. The van der Waals surface area contributed by atoms with Crippen LogP contribution in [0.5, 0.6) is 0 Å². The summed E-state index contributed by atoms with van der Waals surface area (Å²) in [5, 5.41) is 2.62. The van der Waals surface area contributed by atoms with Crippen LogP contribution in [0.2, 0.25) is 0 Å². The minimum atomic E-state index is -4.78. The van der Waals surface area contributed by atoms with Crippen molar-refractivity contribution in [2.24, 2.45) is 0 Å². The Bertz CT molecular complexity index is 1450. The quantitative estimate of drug-likeness (QED) is 0.424. The number of aromatic nitrogens is 2. The molecule has 178 valence electrons. The van der Waals surface area contributed by atoms with Gasteiger partial charge >= 0.3 is 6.18 Å². The molecule has 9 heteroatoms. The van der Waals surface area contributed by atoms with Crippen molar-refractivity contribution in [3.8, 4) is 5.69 Å². The predicted octanol–water partition coefficient (Wildman–Crippen LogP) is 5.27. The molecule has 1 amide bonds. The van der Waals surface area contributed by atoms with Crippen LogP contribution < -0.4 is 10.7 Å². The van der Waals surface area contributed by atoms with Gasteiger partial charge in [0, 0.05) is 30.4 Å². The average molecular weight is 478 g/mol. The van der Waals surface area contributed by atoms with Gasteiger partial charge < -0.3 is 10.2 Å². The summed E-state index contributed by atoms with van der Waals surface area (Å²) < 4.78 is 44.0. The summed E-state index contributed by atoms with van der Waals surface area (Å²) in [7, 11) is 0. The number of nitrogens with one attached hydrogen (secondary N) is 1. The van der Waals surface area contributed by atoms with Crippen molar-refractivity contribution < 1.29 is 18.0 Å². The van der Waals surface area contributed by atoms with E-state index in [9.17, 15) is 22.8 Å². The van der Waals surface area contributed by atoms with E-state index in [4.69, 9.17) is 0 Å². The maximum Gasteiger partial charge on any atom is 0.417 e. The molecule has 1 fully saturated rings. The molecule has 0 radical (unpaired) electrons. The molecule has 0 spiro atoms. The van der Waals surface area contributed by atoms with E-state index < -0.39 is 22.6 Å². The maximum absolute atomic E-state index is 14.2. The second-order valence-electron chi connectivity index (χ2n) is 8.33. The van der Waals surface area contributed by atoms with Crippen LogP contribution in [0.25, 0.3) is 16.7 Å². The van der Waals surface area contributed by atoms with Crippen molar-refractivity contribution in [1.29, 1.82) is 0 Å². The van der Waals surface area contributed by atoms with Crippen LogP contribution in [0.4, 0.5) is 24.7 Å². The van der Waals surface area contributed by atoms with Crippen molar-refractivity contribution in [1.82, 2.24) is 14.5 Å². The molecule has 0 bridgehead atoms. The number of carbonyl (C=O) groups excluding carboxylic acids is 1. The molecule has 0 saturated carbocycles. The van der Waals surface area contributed by atoms with Gasteiger partial charge in [-0.15, -0.1) is 0 Å². The Morgan fingerprint density at radius 2 is 1.63 bits per heavy atom. The van der Waals surface area contributed by atoms with E-state index >= 15 is 0 Å². The first-order valence-electron chi connectivity index (χ1n) is 11.1. The number of hydrogen-bond donors (Lipinski definition) is 1. The number of halogens is 3. The maximum atomic E-state index is 14.2. The second kappa shape index (κ2) is 8.90. The summed E-state index contributed by atoms with van der Waals surface area (Å²) in [6, 6.07) is 19.8. The van der Waals surface area contributed by atoms with E-state index in [0.29, 0.717) is 30.8 Å². The Hall–Kier alpha value is -4.14. The summed E-state index contributed by atoms with van der Waals surface area (Å²) in [6.45, 7) is 0.401. The Morgan fingerprint density at radius 3 is 2.26 bits per heavy atom. The second-order valence-corrected chi connectivity index (χ2v) is 8.33. The van der Waals surface area contributed by atoms with Gasteiger partial charge in [-0.25, -0.2) is 4.98 Å². The lowest BCUT2D eigenvalue weighted by atomic mass is 10.1. The van der Waals surface area contributed by atoms with Crippen molar-refractivity contribution >= 4 is 28.4 Å². The summed E-state index contributed by atoms with van der Waals surface area (Å²) in [5.74, 6) is 0.148. The highest BCUT2D eigenvalue weighted by Crippen LogP contribution is 2.36. The first-order valence-corrected chi connectivity index (χ1v) is 11.1. The fraction of sp³-hybridized carbons (Fsp3) is 0.192. The SMILES string of the molecule is O=C1CCCN1Cc1cc(C(F)(F)F)c2c(=O)cc(Nc3ccccc3)n(-c3ccccc3)c2n1. The third kappa shape index (κ3) is 4.49. The van der Waals surface area contributed by atoms with Crippen LogP contribution in [0.3, 0.4) is 0 Å². The molecule has 3 heterocycles. The van der Waals surface area contributed by atoms with Crippen molar-refractivity contribution in [2.75, 3.05) is 11.9 Å². The van der Waals surface area contributed by atoms with Crippen molar-refractivity contribution in [3.05, 3.63) is 94.3 Å². The highest BCUT2D eigenvalue weighted by molar-refractivity contribution is 5.85. The Morgan fingerprint density at radius 1 is 0.943 bits per heavy atom. The fourth-order valence-electron chi connectivity index (χ4n) is 4.33. The minimum Gasteiger partial charge on any atom is -0.341 e. The Kier molecular flexibility index (Phi) is 5.76. The van der Waals surface area contributed by atoms with Crippen LogP contribution in [0.1, 0.15) is 24.1 Å². The first-order chi connectivity index (χ1) is 16.8. The number of nitrogens with zero attached hydrogens (tertiary/aromatic N) is 3. The molecule has 0 unspecified atom stereocenters. The predicted molar refractivity (Wildman–Crippen MR) is 127 cm³/mol. The van der Waals surface area contributed by atoms with Crippen molar-refractivity contribution in [3.63, 3.8) is 0 Å². The van der Waals surface area contributed by atoms with Gasteiger partial charge in [-0.1, -0.05) is 36.4 Å². The molecule has 1 N–H and O–H groups in total. The zero-order valence-electron chi connectivity index (χ0n) is 18.5. The molecule has 2 aromatic heterocycles. The molecule has 1 saturated heterocycles. The number of alkyl halides is 3. The van der Waals surface area contributed by atoms with Crippen molar-refractivity contribution in [2.45, 2.75) is 25.6 Å². The summed E-state index contributed by atoms with van der Waals surface area (Å²) in [6.07, 6.45) is -3.77. The molecule has 5 rings (SSSR count). The topological polar surface area (TPSA) is 67.2 Å². The highest BCUT2D eigenvalue weighted by atomic mass is 19.4. The monoisotopic (exact) mass is 478 g/mol. The minimum absolute atomic E-state index is 0.0584. The van der Waals surface area contributed by atoms with Gasteiger partial charge in [0.05, 0.1) is 23.2 Å². The van der Waals surface area contributed by atoms with Gasteiger partial charge in [-0.05, 0) is 36.8 Å². The standard InChI is InChI=1S/C26H21F3N4O2/c27-26(28,29)20-14-18(16-32-13-7-12-23(32)35)31-25-24(20)21(34)15-22(30-17-8-3-1-4-9-17)33(25)19-10-5-2-6-11-19/h1-6,8-11,14-15,30H,7,12-13,16H2. The van der Waals surface area contributed by atoms with E-state index in [1.54, 1.807) is 54.6 Å². The van der Waals surface area contributed by atoms with Crippen LogP contribution in [0, 0.1) is 0 Å². The first kappa shape index (κ1) is 22.6. The van der Waals surface area contributed by atoms with E-state index in [-0.39, 0.29) is 29.6 Å². The van der Waals surface area contributed by atoms with Gasteiger partial charge in [0.25, 0.3) is 0 Å². The number of para-hydroxylation sites is 2. The normalized spacial score (nSPS) is 14.0. The number of amides is 1. The van der Waals surface area contributed by atoms with E-state index in [1.165, 1.54) is 9.47 Å². The molecular weight excluding hydrogens is 457 g/mol. The summed E-state index contributed by atoms with van der Waals surface area (Å²) >= 11 is 0. The van der Waals surface area contributed by atoms with Crippen LogP contribution in [-0.4, -0.2) is 26.9 Å². The molecule has 1 aliphatic heterocycles. The molecule has 0 aliphatic carbocycles. The lowest BCUT2D eigenvalue weighted by Gasteiger charge is -2.21. The number of rotatable bonds is 5. The molecular formula is C26H21F3N4O2. The van der Waals surface area contributed by atoms with E-state index in [0.717, 1.165) is 12.1 Å². The van der Waals surface area contributed by atoms with Crippen LogP contribution in [0.15, 0.2) is 77.6 Å². The summed E-state index contributed by atoms with van der Waals surface area (Å²) in [4.78, 5) is 31.2. The molecule has 35 heavy (non-hydrogen) atoms. The van der Waals surface area contributed by atoms with Crippen LogP contribution >= 0.6 is 0 Å². The van der Waals surface area contributed by atoms with E-state index in [1.807, 2.05) is 6.07 Å². The summed E-state index contributed by atoms with van der Waals surface area (Å²) in [5.41, 5.74) is -0.726. The number of benzene rings is 2.